The molecule has 1 aliphatic heterocycles. The average molecular weight is 358 g/mol. The van der Waals surface area contributed by atoms with Crippen molar-refractivity contribution in [3.8, 4) is 0 Å². The molecule has 1 unspecified atom stereocenters. The lowest BCUT2D eigenvalue weighted by Gasteiger charge is -2.34. The fourth-order valence-corrected chi connectivity index (χ4v) is 3.58. The van der Waals surface area contributed by atoms with Crippen LogP contribution in [-0.2, 0) is 5.41 Å². The molecule has 3 aromatic carbocycles. The number of hydrazine groups is 1. The van der Waals surface area contributed by atoms with E-state index in [1.807, 2.05) is 0 Å². The maximum Gasteiger partial charge on any atom is 0.127 e. The molecule has 27 heavy (non-hydrogen) atoms. The van der Waals surface area contributed by atoms with Crippen LogP contribution in [0.15, 0.2) is 84.9 Å². The summed E-state index contributed by atoms with van der Waals surface area (Å²) in [6, 6.07) is 30.1. The molecule has 4 rings (SSSR count). The molecular formula is C24H27N3. The van der Waals surface area contributed by atoms with Gasteiger partial charge in [0.25, 0.3) is 0 Å². The molecule has 3 aromatic rings. The summed E-state index contributed by atoms with van der Waals surface area (Å²) in [7, 11) is 0. The molecular weight excluding hydrogens is 330 g/mol. The summed E-state index contributed by atoms with van der Waals surface area (Å²) in [5, 5.41) is 8.33. The van der Waals surface area contributed by atoms with Gasteiger partial charge < -0.3 is 0 Å². The molecule has 1 heterocycles. The first-order chi connectivity index (χ1) is 13.0. The molecule has 0 saturated carbocycles. The fourth-order valence-electron chi connectivity index (χ4n) is 3.58. The number of nitrogens with zero attached hydrogens (tertiary/aromatic N) is 2. The minimum absolute atomic E-state index is 0.0987. The maximum atomic E-state index is 3.68. The fraction of sp³-hybridized carbons (Fsp3) is 0.250. The van der Waals surface area contributed by atoms with Crippen molar-refractivity contribution >= 4 is 11.4 Å². The van der Waals surface area contributed by atoms with E-state index in [0.717, 1.165) is 6.67 Å². The van der Waals surface area contributed by atoms with Crippen LogP contribution < -0.4 is 15.3 Å². The SMILES string of the molecule is CC(C)(C)c1ccc(C2NCN(c3ccccc3)N2c2ccccc2)cc1. The van der Waals surface area contributed by atoms with Crippen molar-refractivity contribution in [2.24, 2.45) is 0 Å². The number of nitrogens with one attached hydrogen (secondary N) is 1. The zero-order valence-electron chi connectivity index (χ0n) is 16.3. The van der Waals surface area contributed by atoms with Crippen LogP contribution in [0.25, 0.3) is 0 Å². The Labute approximate surface area is 162 Å². The highest BCUT2D eigenvalue weighted by atomic mass is 15.7. The second kappa shape index (κ2) is 7.09. The minimum atomic E-state index is 0.0987. The first-order valence-electron chi connectivity index (χ1n) is 9.55. The van der Waals surface area contributed by atoms with Gasteiger partial charge in [-0.1, -0.05) is 81.4 Å². The van der Waals surface area contributed by atoms with Gasteiger partial charge in [-0.05, 0) is 40.8 Å². The molecule has 0 spiro atoms. The summed E-state index contributed by atoms with van der Waals surface area (Å²) in [5.74, 6) is 0. The third-order valence-corrected chi connectivity index (χ3v) is 5.11. The first kappa shape index (κ1) is 17.6. The largest absolute Gasteiger partial charge is 0.273 e. The van der Waals surface area contributed by atoms with Gasteiger partial charge in [-0.3, -0.25) is 15.3 Å². The molecule has 1 N–H and O–H groups in total. The summed E-state index contributed by atoms with van der Waals surface area (Å²) >= 11 is 0. The lowest BCUT2D eigenvalue weighted by molar-refractivity contribution is 0.588. The third-order valence-electron chi connectivity index (χ3n) is 5.11. The van der Waals surface area contributed by atoms with E-state index in [1.165, 1.54) is 22.5 Å². The monoisotopic (exact) mass is 357 g/mol. The Kier molecular flexibility index (Phi) is 4.63. The van der Waals surface area contributed by atoms with E-state index >= 15 is 0 Å². The van der Waals surface area contributed by atoms with Crippen LogP contribution in [0, 0.1) is 0 Å². The van der Waals surface area contributed by atoms with Crippen molar-refractivity contribution in [2.75, 3.05) is 16.7 Å². The molecule has 138 valence electrons. The number of benzene rings is 3. The van der Waals surface area contributed by atoms with Gasteiger partial charge in [-0.2, -0.15) is 0 Å². The molecule has 1 saturated heterocycles. The first-order valence-corrected chi connectivity index (χ1v) is 9.55. The third kappa shape index (κ3) is 3.56. The van der Waals surface area contributed by atoms with E-state index in [-0.39, 0.29) is 11.6 Å². The molecule has 3 nitrogen and oxygen atoms in total. The van der Waals surface area contributed by atoms with Gasteiger partial charge >= 0.3 is 0 Å². The van der Waals surface area contributed by atoms with Gasteiger partial charge in [0.15, 0.2) is 0 Å². The van der Waals surface area contributed by atoms with Gasteiger partial charge in [0, 0.05) is 0 Å². The molecule has 1 aliphatic rings. The minimum Gasteiger partial charge on any atom is -0.273 e. The topological polar surface area (TPSA) is 18.5 Å². The van der Waals surface area contributed by atoms with Crippen LogP contribution in [0.4, 0.5) is 11.4 Å². The quantitative estimate of drug-likeness (QED) is 0.670. The lowest BCUT2D eigenvalue weighted by atomic mass is 9.86. The second-order valence-electron chi connectivity index (χ2n) is 8.05. The van der Waals surface area contributed by atoms with Gasteiger partial charge in [0.05, 0.1) is 18.0 Å². The zero-order valence-corrected chi connectivity index (χ0v) is 16.3. The van der Waals surface area contributed by atoms with E-state index in [2.05, 4.69) is 121 Å². The summed E-state index contributed by atoms with van der Waals surface area (Å²) in [6.07, 6.45) is 0.0987. The van der Waals surface area contributed by atoms with Crippen LogP contribution in [-0.4, -0.2) is 6.67 Å². The van der Waals surface area contributed by atoms with Crippen molar-refractivity contribution < 1.29 is 0 Å². The molecule has 0 aromatic heterocycles. The number of rotatable bonds is 3. The van der Waals surface area contributed by atoms with Gasteiger partial charge in [-0.25, -0.2) is 0 Å². The molecule has 0 amide bonds. The van der Waals surface area contributed by atoms with Gasteiger partial charge in [0.1, 0.15) is 6.17 Å². The highest BCUT2D eigenvalue weighted by Crippen LogP contribution is 2.34. The second-order valence-corrected chi connectivity index (χ2v) is 8.05. The summed E-state index contributed by atoms with van der Waals surface area (Å²) in [4.78, 5) is 0. The van der Waals surface area contributed by atoms with Crippen LogP contribution >= 0.6 is 0 Å². The molecule has 0 bridgehead atoms. The van der Waals surface area contributed by atoms with Crippen molar-refractivity contribution in [2.45, 2.75) is 32.4 Å². The standard InChI is InChI=1S/C24H27N3/c1-24(2,3)20-16-14-19(15-17-20)23-25-18-26(21-10-6-4-7-11-21)27(23)22-12-8-5-9-13-22/h4-17,23,25H,18H2,1-3H3. The van der Waals surface area contributed by atoms with Crippen LogP contribution in [0.3, 0.4) is 0 Å². The van der Waals surface area contributed by atoms with E-state index in [1.54, 1.807) is 0 Å². The Morgan fingerprint density at radius 2 is 1.30 bits per heavy atom. The van der Waals surface area contributed by atoms with Crippen molar-refractivity contribution in [3.05, 3.63) is 96.1 Å². The maximum absolute atomic E-state index is 3.68. The number of anilines is 2. The molecule has 0 radical (unpaired) electrons. The number of para-hydroxylation sites is 2. The lowest BCUT2D eigenvalue weighted by Crippen LogP contribution is -2.38. The molecule has 1 atom stereocenters. The van der Waals surface area contributed by atoms with E-state index < -0.39 is 0 Å². The Bertz CT molecular complexity index is 867. The Balaban J connectivity index is 1.71. The van der Waals surface area contributed by atoms with Crippen molar-refractivity contribution in [3.63, 3.8) is 0 Å². The summed E-state index contributed by atoms with van der Waals surface area (Å²) in [6.45, 7) is 7.53. The summed E-state index contributed by atoms with van der Waals surface area (Å²) < 4.78 is 0. The Morgan fingerprint density at radius 1 is 0.741 bits per heavy atom. The molecule has 3 heteroatoms. The normalized spacial score (nSPS) is 17.4. The Hall–Kier alpha value is -2.78. The number of hydrogen-bond donors (Lipinski definition) is 1. The number of hydrogen-bond acceptors (Lipinski definition) is 3. The Morgan fingerprint density at radius 3 is 1.85 bits per heavy atom. The zero-order chi connectivity index (χ0) is 18.9. The van der Waals surface area contributed by atoms with Crippen LogP contribution in [0.2, 0.25) is 0 Å². The highest BCUT2D eigenvalue weighted by molar-refractivity contribution is 5.60. The predicted octanol–water partition coefficient (Wildman–Crippen LogP) is 5.47. The summed E-state index contributed by atoms with van der Waals surface area (Å²) in [5.41, 5.74) is 5.15. The van der Waals surface area contributed by atoms with Crippen molar-refractivity contribution in [1.82, 2.24) is 5.32 Å². The van der Waals surface area contributed by atoms with E-state index in [4.69, 9.17) is 0 Å². The van der Waals surface area contributed by atoms with E-state index in [0.29, 0.717) is 0 Å². The average Bonchev–Trinajstić information content (AvgIpc) is 3.14. The molecule has 1 fully saturated rings. The van der Waals surface area contributed by atoms with Gasteiger partial charge in [0.2, 0.25) is 0 Å². The predicted molar refractivity (Wildman–Crippen MR) is 114 cm³/mol. The molecule has 0 aliphatic carbocycles. The highest BCUT2D eigenvalue weighted by Gasteiger charge is 2.33. The smallest absolute Gasteiger partial charge is 0.127 e. The van der Waals surface area contributed by atoms with Crippen molar-refractivity contribution in [1.29, 1.82) is 0 Å². The van der Waals surface area contributed by atoms with Gasteiger partial charge in [-0.15, -0.1) is 0 Å². The van der Waals surface area contributed by atoms with Crippen LogP contribution in [0.1, 0.15) is 38.1 Å². The van der Waals surface area contributed by atoms with E-state index in [9.17, 15) is 0 Å². The van der Waals surface area contributed by atoms with Crippen LogP contribution in [0.5, 0.6) is 0 Å².